The number of hydrogen-bond acceptors (Lipinski definition) is 7. The highest BCUT2D eigenvalue weighted by Gasteiger charge is 2.27. The average molecular weight is 574 g/mol. The molecule has 2 aromatic carbocycles. The minimum Gasteiger partial charge on any atom is -0.382 e. The number of carbonyl (C=O) groups is 1. The summed E-state index contributed by atoms with van der Waals surface area (Å²) in [5.74, 6) is 0.669. The molecule has 0 saturated carbocycles. The summed E-state index contributed by atoms with van der Waals surface area (Å²) in [7, 11) is -2.97. The molecule has 0 radical (unpaired) electrons. The number of hydrogen-bond donors (Lipinski definition) is 3. The molecule has 0 atom stereocenters. The second-order valence-electron chi connectivity index (χ2n) is 11.1. The molecular weight excluding hydrogens is 534 g/mol. The molecule has 3 N–H and O–H groups in total. The van der Waals surface area contributed by atoms with E-state index in [1.807, 2.05) is 42.2 Å². The van der Waals surface area contributed by atoms with E-state index in [-0.39, 0.29) is 11.9 Å². The number of aromatic nitrogens is 1. The minimum atomic E-state index is -2.97. The third-order valence-electron chi connectivity index (χ3n) is 8.13. The first-order chi connectivity index (χ1) is 19.7. The zero-order valence-corrected chi connectivity index (χ0v) is 24.9. The fourth-order valence-corrected chi connectivity index (χ4v) is 6.82. The van der Waals surface area contributed by atoms with Gasteiger partial charge in [-0.1, -0.05) is 18.2 Å². The van der Waals surface area contributed by atoms with Crippen LogP contribution in [0.5, 0.6) is 0 Å². The monoisotopic (exact) mass is 573 g/mol. The summed E-state index contributed by atoms with van der Waals surface area (Å²) >= 11 is 0. The second-order valence-corrected chi connectivity index (χ2v) is 13.6. The summed E-state index contributed by atoms with van der Waals surface area (Å²) in [4.78, 5) is 25.0. The topological polar surface area (TPSA) is 119 Å². The lowest BCUT2D eigenvalue weighted by molar-refractivity contribution is 0.0745. The van der Waals surface area contributed by atoms with Gasteiger partial charge < -0.3 is 20.0 Å². The van der Waals surface area contributed by atoms with Crippen molar-refractivity contribution in [2.75, 3.05) is 60.6 Å². The fraction of sp³-hybridized carbons (Fsp3) is 0.387. The Hall–Kier alpha value is -3.94. The van der Waals surface area contributed by atoms with Gasteiger partial charge in [0.25, 0.3) is 5.91 Å². The van der Waals surface area contributed by atoms with Crippen LogP contribution < -0.4 is 20.3 Å². The lowest BCUT2D eigenvalue weighted by Gasteiger charge is -2.37. The van der Waals surface area contributed by atoms with Crippen molar-refractivity contribution in [1.29, 1.82) is 5.26 Å². The Balaban J connectivity index is 1.23. The molecule has 3 heterocycles. The van der Waals surface area contributed by atoms with Gasteiger partial charge in [-0.2, -0.15) is 5.26 Å². The molecule has 216 valence electrons. The standard InChI is InChI=1S/C31H39N7O2S/c1-22-19-23(2)27(35-25-10-13-36(14-11-25)28-8-5-4-7-24(28)21-32)20-26(22)31(39)38-17-15-37(16-18-38)30-29(41(3,33)40)9-6-12-34-30/h4-9,12,19-20,25,35,41H,10-11,13-18H2,1-3H3,(H2,33,40). The number of aryl methyl sites for hydroxylation is 2. The molecule has 1 amide bonds. The Morgan fingerprint density at radius 2 is 1.71 bits per heavy atom. The van der Waals surface area contributed by atoms with Crippen molar-refractivity contribution in [2.24, 2.45) is 5.14 Å². The van der Waals surface area contributed by atoms with Crippen molar-refractivity contribution in [2.45, 2.75) is 37.6 Å². The van der Waals surface area contributed by atoms with E-state index in [0.717, 1.165) is 48.4 Å². The van der Waals surface area contributed by atoms with E-state index >= 15 is 0 Å². The quantitative estimate of drug-likeness (QED) is 0.386. The van der Waals surface area contributed by atoms with Crippen LogP contribution in [0.25, 0.3) is 0 Å². The number of nitriles is 1. The highest BCUT2D eigenvalue weighted by molar-refractivity contribution is 8.00. The van der Waals surface area contributed by atoms with Crippen LogP contribution in [-0.4, -0.2) is 71.6 Å². The van der Waals surface area contributed by atoms with Crippen molar-refractivity contribution < 1.29 is 9.00 Å². The number of nitrogens with zero attached hydrogens (tertiary/aromatic N) is 5. The van der Waals surface area contributed by atoms with Gasteiger partial charge in [0.1, 0.15) is 11.9 Å². The minimum absolute atomic E-state index is 0.0226. The fourth-order valence-electron chi connectivity index (χ4n) is 5.84. The van der Waals surface area contributed by atoms with Crippen LogP contribution in [0.2, 0.25) is 0 Å². The number of rotatable bonds is 6. The number of nitrogens with two attached hydrogens (primary N) is 1. The number of piperidine rings is 1. The largest absolute Gasteiger partial charge is 0.382 e. The molecule has 2 aliphatic rings. The van der Waals surface area contributed by atoms with Gasteiger partial charge >= 0.3 is 0 Å². The predicted octanol–water partition coefficient (Wildman–Crippen LogP) is 3.49. The van der Waals surface area contributed by atoms with E-state index in [2.05, 4.69) is 39.2 Å². The maximum absolute atomic E-state index is 13.7. The number of nitrogens with one attached hydrogen (secondary N) is 1. The van der Waals surface area contributed by atoms with Crippen LogP contribution >= 0.6 is 0 Å². The van der Waals surface area contributed by atoms with Crippen LogP contribution in [0.4, 0.5) is 17.2 Å². The number of thiol groups is 1. The summed E-state index contributed by atoms with van der Waals surface area (Å²) in [5.41, 5.74) is 5.50. The van der Waals surface area contributed by atoms with E-state index in [4.69, 9.17) is 5.14 Å². The Bertz CT molecular complexity index is 1510. The SMILES string of the molecule is Cc1cc(C)c(C(=O)N2CCN(c3ncccc3[SH](C)(N)=O)CC2)cc1NC1CCN(c2ccccc2C#N)CC1. The maximum Gasteiger partial charge on any atom is 0.254 e. The van der Waals surface area contributed by atoms with Crippen LogP contribution in [-0.2, 0) is 10.1 Å². The lowest BCUT2D eigenvalue weighted by Crippen LogP contribution is -2.49. The van der Waals surface area contributed by atoms with Gasteiger partial charge in [-0.05, 0) is 78.3 Å². The van der Waals surface area contributed by atoms with E-state index < -0.39 is 10.1 Å². The predicted molar refractivity (Wildman–Crippen MR) is 166 cm³/mol. The van der Waals surface area contributed by atoms with Gasteiger partial charge in [-0.3, -0.25) is 14.1 Å². The van der Waals surface area contributed by atoms with Crippen LogP contribution in [0.1, 0.15) is 39.9 Å². The molecule has 2 aliphatic heterocycles. The van der Waals surface area contributed by atoms with E-state index in [1.165, 1.54) is 0 Å². The van der Waals surface area contributed by atoms with Crippen LogP contribution in [0, 0.1) is 25.2 Å². The zero-order chi connectivity index (χ0) is 29.1. The third kappa shape index (κ3) is 6.21. The van der Waals surface area contributed by atoms with Crippen LogP contribution in [0.3, 0.4) is 0 Å². The van der Waals surface area contributed by atoms with Gasteiger partial charge in [0.05, 0.1) is 16.1 Å². The lowest BCUT2D eigenvalue weighted by atomic mass is 9.99. The van der Waals surface area contributed by atoms with Crippen molar-refractivity contribution >= 4 is 33.2 Å². The molecule has 0 bridgehead atoms. The number of piperazine rings is 1. The molecule has 9 nitrogen and oxygen atoms in total. The van der Waals surface area contributed by atoms with E-state index in [9.17, 15) is 14.3 Å². The number of pyridine rings is 1. The van der Waals surface area contributed by atoms with Gasteiger partial charge in [0.15, 0.2) is 0 Å². The summed E-state index contributed by atoms with van der Waals surface area (Å²) in [5, 5.41) is 19.2. The molecule has 0 unspecified atom stereocenters. The van der Waals surface area contributed by atoms with Crippen molar-refractivity contribution in [3.8, 4) is 6.07 Å². The highest BCUT2D eigenvalue weighted by Crippen LogP contribution is 2.29. The number of anilines is 3. The Morgan fingerprint density at radius 1 is 1.00 bits per heavy atom. The van der Waals surface area contributed by atoms with Gasteiger partial charge in [-0.15, -0.1) is 0 Å². The summed E-state index contributed by atoms with van der Waals surface area (Å²) in [6.07, 6.45) is 5.13. The van der Waals surface area contributed by atoms with Crippen molar-refractivity contribution in [3.63, 3.8) is 0 Å². The summed E-state index contributed by atoms with van der Waals surface area (Å²) in [6.45, 7) is 8.09. The molecule has 10 heteroatoms. The van der Waals surface area contributed by atoms with Crippen molar-refractivity contribution in [1.82, 2.24) is 9.88 Å². The molecule has 0 aliphatic carbocycles. The Morgan fingerprint density at radius 3 is 2.39 bits per heavy atom. The molecule has 5 rings (SSSR count). The Kier molecular flexibility index (Phi) is 8.29. The Labute approximate surface area is 243 Å². The molecule has 1 aromatic heterocycles. The molecular formula is C31H39N7O2S. The number of carbonyl (C=O) groups excluding carboxylic acids is 1. The van der Waals surface area contributed by atoms with Gasteiger partial charge in [0.2, 0.25) is 0 Å². The normalized spacial score (nSPS) is 16.8. The van der Waals surface area contributed by atoms with E-state index in [0.29, 0.717) is 48.0 Å². The van der Waals surface area contributed by atoms with Crippen molar-refractivity contribution in [3.05, 3.63) is 77.0 Å². The molecule has 2 fully saturated rings. The highest BCUT2D eigenvalue weighted by atomic mass is 32.3. The average Bonchev–Trinajstić information content (AvgIpc) is 2.98. The third-order valence-corrected chi connectivity index (χ3v) is 9.44. The smallest absolute Gasteiger partial charge is 0.254 e. The number of benzene rings is 2. The molecule has 2 saturated heterocycles. The number of para-hydroxylation sites is 1. The molecule has 41 heavy (non-hydrogen) atoms. The van der Waals surface area contributed by atoms with E-state index in [1.54, 1.807) is 24.6 Å². The number of amides is 1. The first-order valence-corrected chi connectivity index (χ1v) is 16.4. The zero-order valence-electron chi connectivity index (χ0n) is 24.0. The van der Waals surface area contributed by atoms with Crippen LogP contribution in [0.15, 0.2) is 59.6 Å². The molecule has 0 spiro atoms. The molecule has 3 aromatic rings. The summed E-state index contributed by atoms with van der Waals surface area (Å²) in [6, 6.07) is 18.0. The summed E-state index contributed by atoms with van der Waals surface area (Å²) < 4.78 is 12.6. The van der Waals surface area contributed by atoms with Gasteiger partial charge in [-0.25, -0.2) is 4.98 Å². The first kappa shape index (κ1) is 28.6. The maximum atomic E-state index is 13.7. The first-order valence-electron chi connectivity index (χ1n) is 14.1. The van der Waals surface area contributed by atoms with Gasteiger partial charge in [0, 0.05) is 69.0 Å². The second kappa shape index (κ2) is 11.9.